The minimum absolute atomic E-state index is 3.83. The van der Waals surface area contributed by atoms with Gasteiger partial charge in [0, 0.05) is 0 Å². The van der Waals surface area contributed by atoms with E-state index in [0.717, 1.165) is 0 Å². The third-order valence-electron chi connectivity index (χ3n) is 1.90. The predicted octanol–water partition coefficient (Wildman–Crippen LogP) is 6.00. The lowest BCUT2D eigenvalue weighted by Crippen LogP contribution is -2.68. The van der Waals surface area contributed by atoms with Gasteiger partial charge < -0.3 is 0 Å². The lowest BCUT2D eigenvalue weighted by Gasteiger charge is -2.41. The van der Waals surface area contributed by atoms with E-state index in [9.17, 15) is 39.5 Å². The molecule has 0 fully saturated rings. The minimum atomic E-state index is -6.63. The molecule has 122 valence electrons. The second-order valence-corrected chi connectivity index (χ2v) is 6.04. The van der Waals surface area contributed by atoms with Crippen LogP contribution < -0.4 is 0 Å². The number of hydrogen-bond acceptors (Lipinski definition) is 0. The van der Waals surface area contributed by atoms with Crippen LogP contribution in [0.5, 0.6) is 0 Å². The average Bonchev–Trinajstić information content (AvgIpc) is 2.12. The van der Waals surface area contributed by atoms with E-state index >= 15 is 0 Å². The summed E-state index contributed by atoms with van der Waals surface area (Å²) >= 11 is 20.0. The first-order chi connectivity index (χ1) is 8.25. The molecule has 0 N–H and O–H groups in total. The molecule has 0 heterocycles. The predicted molar refractivity (Wildman–Crippen MR) is 55.6 cm³/mol. The molecule has 0 saturated carbocycles. The average molecular weight is 420 g/mol. The number of hydrogen-bond donors (Lipinski definition) is 0. The van der Waals surface area contributed by atoms with Crippen molar-refractivity contribution >= 4 is 58.0 Å². The Morgan fingerprint density at radius 1 is 0.450 bits per heavy atom. The highest BCUT2D eigenvalue weighted by Crippen LogP contribution is 2.63. The monoisotopic (exact) mass is 418 g/mol. The molecule has 0 rings (SSSR count). The normalized spacial score (nSPS) is 21.3. The maximum absolute atomic E-state index is 13.3. The summed E-state index contributed by atoms with van der Waals surface area (Å²) in [5.41, 5.74) is 0. The Hall–Kier alpha value is 0.820. The molecule has 0 radical (unpaired) electrons. The third-order valence-corrected chi connectivity index (χ3v) is 3.68. The van der Waals surface area contributed by atoms with Gasteiger partial charge in [0.15, 0.2) is 0 Å². The molecular weight excluding hydrogens is 420 g/mol. The summed E-state index contributed by atoms with van der Waals surface area (Å²) in [7, 11) is 0. The molecule has 14 heteroatoms. The fourth-order valence-electron chi connectivity index (χ4n) is 0.750. The van der Waals surface area contributed by atoms with Crippen LogP contribution in [0.1, 0.15) is 0 Å². The van der Waals surface area contributed by atoms with E-state index < -0.39 is 32.1 Å². The van der Waals surface area contributed by atoms with Crippen LogP contribution in [-0.2, 0) is 0 Å². The Morgan fingerprint density at radius 3 is 0.950 bits per heavy atom. The van der Waals surface area contributed by atoms with Crippen molar-refractivity contribution in [2.75, 3.05) is 0 Å². The van der Waals surface area contributed by atoms with Gasteiger partial charge >= 0.3 is 32.1 Å². The van der Waals surface area contributed by atoms with Gasteiger partial charge in [-0.15, -0.1) is 0 Å². The van der Waals surface area contributed by atoms with Gasteiger partial charge in [-0.2, -0.15) is 26.3 Å². The van der Waals surface area contributed by atoms with E-state index in [4.69, 9.17) is 0 Å². The molecule has 0 spiro atoms. The summed E-state index contributed by atoms with van der Waals surface area (Å²) < 4.78 is 111. The fraction of sp³-hybridized carbons (Fsp3) is 1.00. The molecule has 0 aromatic heterocycles. The Morgan fingerprint density at radius 2 is 0.750 bits per heavy atom. The summed E-state index contributed by atoms with van der Waals surface area (Å²) in [6.45, 7) is 0. The van der Waals surface area contributed by atoms with Crippen LogP contribution in [0.25, 0.3) is 0 Å². The molecule has 2 atom stereocenters. The van der Waals surface area contributed by atoms with Crippen molar-refractivity contribution in [3.8, 4) is 0 Å². The van der Waals surface area contributed by atoms with Crippen LogP contribution in [0, 0.1) is 0 Å². The minimum Gasteiger partial charge on any atom is -0.212 e. The maximum Gasteiger partial charge on any atom is 0.375 e. The van der Waals surface area contributed by atoms with Crippen LogP contribution in [-0.4, -0.2) is 32.1 Å². The standard InChI is InChI=1S/C6Cl5F9/c7-1(12,4(16,17)5(9,10)18)3(14,15)2(8,13)6(11,19)20/t1-,2-/m1/s1. The second kappa shape index (κ2) is 5.18. The molecule has 0 aliphatic heterocycles. The summed E-state index contributed by atoms with van der Waals surface area (Å²) in [6, 6.07) is 0. The van der Waals surface area contributed by atoms with Crippen molar-refractivity contribution in [3.05, 3.63) is 0 Å². The second-order valence-electron chi connectivity index (χ2n) is 3.29. The number of halogens is 14. The molecule has 0 aromatic rings. The van der Waals surface area contributed by atoms with Crippen LogP contribution in [0.15, 0.2) is 0 Å². The first-order valence-corrected chi connectivity index (χ1v) is 5.79. The zero-order chi connectivity index (χ0) is 17.0. The van der Waals surface area contributed by atoms with E-state index in [0.29, 0.717) is 0 Å². The van der Waals surface area contributed by atoms with Gasteiger partial charge in [0.1, 0.15) is 0 Å². The highest BCUT2D eigenvalue weighted by molar-refractivity contribution is 6.48. The maximum atomic E-state index is 13.3. The highest BCUT2D eigenvalue weighted by atomic mass is 35.5. The zero-order valence-corrected chi connectivity index (χ0v) is 12.1. The molecule has 0 saturated heterocycles. The molecule has 0 bridgehead atoms. The quantitative estimate of drug-likeness (QED) is 0.378. The van der Waals surface area contributed by atoms with Gasteiger partial charge in [0.2, 0.25) is 0 Å². The molecule has 20 heavy (non-hydrogen) atoms. The van der Waals surface area contributed by atoms with Gasteiger partial charge in [-0.25, -0.2) is 13.2 Å². The van der Waals surface area contributed by atoms with Gasteiger partial charge in [0.25, 0.3) is 0 Å². The van der Waals surface area contributed by atoms with E-state index in [2.05, 4.69) is 58.0 Å². The molecule has 0 aliphatic rings. The largest absolute Gasteiger partial charge is 0.375 e. The summed E-state index contributed by atoms with van der Waals surface area (Å²) in [6.07, 6.45) is 0. The van der Waals surface area contributed by atoms with Crippen molar-refractivity contribution in [1.82, 2.24) is 0 Å². The third kappa shape index (κ3) is 2.85. The van der Waals surface area contributed by atoms with Crippen molar-refractivity contribution in [2.24, 2.45) is 0 Å². The Labute approximate surface area is 130 Å². The van der Waals surface area contributed by atoms with Crippen molar-refractivity contribution < 1.29 is 39.5 Å². The van der Waals surface area contributed by atoms with Crippen molar-refractivity contribution in [1.29, 1.82) is 0 Å². The summed E-state index contributed by atoms with van der Waals surface area (Å²) in [5, 5.41) is -17.9. The van der Waals surface area contributed by atoms with Crippen LogP contribution >= 0.6 is 58.0 Å². The molecular formula is C6Cl5F9. The highest BCUT2D eigenvalue weighted by Gasteiger charge is 2.86. The topological polar surface area (TPSA) is 0 Å². The van der Waals surface area contributed by atoms with Gasteiger partial charge in [-0.05, 0) is 11.6 Å². The SMILES string of the molecule is FC(Cl)(Cl)C(F)(F)[C@@](F)(Cl)C(F)(F)[C@](F)(Cl)C(F)(F)Cl. The first kappa shape index (κ1) is 20.8. The van der Waals surface area contributed by atoms with Crippen molar-refractivity contribution in [3.63, 3.8) is 0 Å². The fourth-order valence-corrected chi connectivity index (χ4v) is 1.67. The molecule has 0 amide bonds. The number of alkyl halides is 14. The van der Waals surface area contributed by atoms with Crippen LogP contribution in [0.4, 0.5) is 39.5 Å². The van der Waals surface area contributed by atoms with E-state index in [1.165, 1.54) is 0 Å². The van der Waals surface area contributed by atoms with E-state index in [1.807, 2.05) is 0 Å². The molecule has 0 aromatic carbocycles. The Bertz CT molecular complexity index is 332. The lowest BCUT2D eigenvalue weighted by molar-refractivity contribution is -0.275. The Balaban J connectivity index is 6.08. The molecule has 0 nitrogen and oxygen atoms in total. The van der Waals surface area contributed by atoms with Crippen LogP contribution in [0.2, 0.25) is 0 Å². The van der Waals surface area contributed by atoms with Gasteiger partial charge in [0.05, 0.1) is 0 Å². The van der Waals surface area contributed by atoms with Gasteiger partial charge in [-0.1, -0.05) is 46.4 Å². The number of rotatable bonds is 5. The van der Waals surface area contributed by atoms with E-state index in [1.54, 1.807) is 0 Å². The van der Waals surface area contributed by atoms with Crippen LogP contribution in [0.3, 0.4) is 0 Å². The summed E-state index contributed by atoms with van der Waals surface area (Å²) in [4.78, 5) is 0. The first-order valence-electron chi connectivity index (χ1n) is 3.90. The zero-order valence-electron chi connectivity index (χ0n) is 8.29. The van der Waals surface area contributed by atoms with Crippen molar-refractivity contribution in [2.45, 2.75) is 32.1 Å². The lowest BCUT2D eigenvalue weighted by atomic mass is 10.0. The molecule has 0 unspecified atom stereocenters. The Kier molecular flexibility index (Phi) is 5.39. The van der Waals surface area contributed by atoms with Gasteiger partial charge in [-0.3, -0.25) is 0 Å². The summed E-state index contributed by atoms with van der Waals surface area (Å²) in [5.74, 6) is -12.9. The van der Waals surface area contributed by atoms with E-state index in [-0.39, 0.29) is 0 Å². The smallest absolute Gasteiger partial charge is 0.212 e. The molecule has 0 aliphatic carbocycles.